The maximum atomic E-state index is 12.5. The summed E-state index contributed by atoms with van der Waals surface area (Å²) in [4.78, 5) is 34.8. The molecule has 0 saturated heterocycles. The topological polar surface area (TPSA) is 114 Å². The molecule has 1 N–H and O–H groups in total. The van der Waals surface area contributed by atoms with Crippen LogP contribution in [0.1, 0.15) is 5.56 Å². The third-order valence-corrected chi connectivity index (χ3v) is 4.36. The Bertz CT molecular complexity index is 943. The van der Waals surface area contributed by atoms with E-state index in [1.165, 1.54) is 31.4 Å². The van der Waals surface area contributed by atoms with Gasteiger partial charge in [0.15, 0.2) is 0 Å². The highest BCUT2D eigenvalue weighted by molar-refractivity contribution is 6.30. The largest absolute Gasteiger partial charge is 0.468 e. The Morgan fingerprint density at radius 3 is 2.43 bits per heavy atom. The molecule has 0 aromatic heterocycles. The molecule has 2 aromatic carbocycles. The van der Waals surface area contributed by atoms with Crippen LogP contribution in [-0.2, 0) is 9.53 Å². The van der Waals surface area contributed by atoms with Gasteiger partial charge in [-0.25, -0.2) is 9.80 Å². The number of non-ortho nitro benzene ring substituents is 1. The van der Waals surface area contributed by atoms with Crippen LogP contribution >= 0.6 is 11.6 Å². The molecule has 2 amide bonds. The van der Waals surface area contributed by atoms with Gasteiger partial charge in [0.25, 0.3) is 5.69 Å². The number of hydrazone groups is 1. The zero-order valence-corrected chi connectivity index (χ0v) is 15.4. The molecule has 0 bridgehead atoms. The average Bonchev–Trinajstić information content (AvgIpc) is 3.14. The Balaban J connectivity index is 1.80. The standard InChI is InChI=1S/C18H15ClN4O5/c1-28-17(24)15-10-22(21-16(15)11-2-4-12(19)5-3-11)18(25)20-13-6-8-14(9-7-13)23(26)27/h2-9,15H,10H2,1H3,(H,20,25). The summed E-state index contributed by atoms with van der Waals surface area (Å²) in [6.45, 7) is 0.00342. The fraction of sp³-hybridized carbons (Fsp3) is 0.167. The Kier molecular flexibility index (Phi) is 5.55. The van der Waals surface area contributed by atoms with E-state index >= 15 is 0 Å². The molecule has 0 radical (unpaired) electrons. The lowest BCUT2D eigenvalue weighted by Gasteiger charge is -2.14. The van der Waals surface area contributed by atoms with E-state index in [0.717, 1.165) is 5.01 Å². The maximum Gasteiger partial charge on any atom is 0.342 e. The Morgan fingerprint density at radius 2 is 1.86 bits per heavy atom. The van der Waals surface area contributed by atoms with Gasteiger partial charge in [0.2, 0.25) is 0 Å². The minimum absolute atomic E-state index is 0.00342. The number of halogens is 1. The van der Waals surface area contributed by atoms with E-state index in [4.69, 9.17) is 16.3 Å². The van der Waals surface area contributed by atoms with E-state index in [0.29, 0.717) is 22.0 Å². The molecule has 144 valence electrons. The summed E-state index contributed by atoms with van der Waals surface area (Å²) in [5.74, 6) is -1.26. The molecular formula is C18H15ClN4O5. The molecule has 1 unspecified atom stereocenters. The first-order valence-corrected chi connectivity index (χ1v) is 8.52. The van der Waals surface area contributed by atoms with Gasteiger partial charge < -0.3 is 10.1 Å². The summed E-state index contributed by atoms with van der Waals surface area (Å²) in [7, 11) is 1.27. The van der Waals surface area contributed by atoms with Gasteiger partial charge in [-0.2, -0.15) is 5.10 Å². The molecule has 1 aliphatic rings. The lowest BCUT2D eigenvalue weighted by atomic mass is 9.98. The molecule has 0 fully saturated rings. The van der Waals surface area contributed by atoms with E-state index in [-0.39, 0.29) is 12.2 Å². The number of esters is 1. The summed E-state index contributed by atoms with van der Waals surface area (Å²) in [6.07, 6.45) is 0. The lowest BCUT2D eigenvalue weighted by molar-refractivity contribution is -0.384. The molecule has 0 spiro atoms. The molecular weight excluding hydrogens is 388 g/mol. The number of rotatable bonds is 4. The minimum atomic E-state index is -0.742. The van der Waals surface area contributed by atoms with Gasteiger partial charge in [-0.05, 0) is 29.8 Å². The van der Waals surface area contributed by atoms with Crippen LogP contribution < -0.4 is 5.32 Å². The Hall–Kier alpha value is -3.46. The van der Waals surface area contributed by atoms with Crippen LogP contribution in [0.5, 0.6) is 0 Å². The summed E-state index contributed by atoms with van der Waals surface area (Å²) in [5.41, 5.74) is 1.31. The van der Waals surface area contributed by atoms with Crippen molar-refractivity contribution in [3.8, 4) is 0 Å². The molecule has 0 saturated carbocycles. The number of urea groups is 1. The Labute approximate surface area is 164 Å². The van der Waals surface area contributed by atoms with Gasteiger partial charge in [0, 0.05) is 22.8 Å². The van der Waals surface area contributed by atoms with Gasteiger partial charge in [-0.15, -0.1) is 0 Å². The molecule has 28 heavy (non-hydrogen) atoms. The first kappa shape index (κ1) is 19.3. The van der Waals surface area contributed by atoms with Crippen molar-refractivity contribution in [3.63, 3.8) is 0 Å². The van der Waals surface area contributed by atoms with Crippen LogP contribution in [0.15, 0.2) is 53.6 Å². The average molecular weight is 403 g/mol. The third kappa shape index (κ3) is 4.09. The van der Waals surface area contributed by atoms with Gasteiger partial charge in [-0.3, -0.25) is 14.9 Å². The van der Waals surface area contributed by atoms with Gasteiger partial charge >= 0.3 is 12.0 Å². The second-order valence-corrected chi connectivity index (χ2v) is 6.32. The first-order chi connectivity index (χ1) is 13.4. The fourth-order valence-corrected chi connectivity index (χ4v) is 2.82. The zero-order valence-electron chi connectivity index (χ0n) is 14.7. The smallest absolute Gasteiger partial charge is 0.342 e. The highest BCUT2D eigenvalue weighted by Crippen LogP contribution is 2.23. The minimum Gasteiger partial charge on any atom is -0.468 e. The molecule has 1 aliphatic heterocycles. The lowest BCUT2D eigenvalue weighted by Crippen LogP contribution is -2.33. The number of benzene rings is 2. The zero-order chi connectivity index (χ0) is 20.3. The fourth-order valence-electron chi connectivity index (χ4n) is 2.69. The van der Waals surface area contributed by atoms with E-state index < -0.39 is 22.8 Å². The number of carbonyl (C=O) groups is 2. The van der Waals surface area contributed by atoms with Crippen LogP contribution in [-0.4, -0.2) is 41.3 Å². The number of hydrogen-bond acceptors (Lipinski definition) is 6. The number of nitrogens with one attached hydrogen (secondary N) is 1. The molecule has 1 heterocycles. The van der Waals surface area contributed by atoms with Crippen LogP contribution in [0.25, 0.3) is 0 Å². The van der Waals surface area contributed by atoms with Crippen LogP contribution in [0.4, 0.5) is 16.2 Å². The maximum absolute atomic E-state index is 12.5. The summed E-state index contributed by atoms with van der Waals surface area (Å²) >= 11 is 5.90. The number of anilines is 1. The summed E-state index contributed by atoms with van der Waals surface area (Å²) in [6, 6.07) is 11.5. The first-order valence-electron chi connectivity index (χ1n) is 8.14. The van der Waals surface area contributed by atoms with E-state index in [2.05, 4.69) is 10.4 Å². The van der Waals surface area contributed by atoms with Crippen LogP contribution in [0, 0.1) is 16.0 Å². The van der Waals surface area contributed by atoms with Crippen molar-refractivity contribution >= 4 is 40.7 Å². The third-order valence-electron chi connectivity index (χ3n) is 4.10. The van der Waals surface area contributed by atoms with Crippen molar-refractivity contribution in [2.45, 2.75) is 0 Å². The van der Waals surface area contributed by atoms with Crippen molar-refractivity contribution in [1.82, 2.24) is 5.01 Å². The normalized spacial score (nSPS) is 15.7. The van der Waals surface area contributed by atoms with Crippen molar-refractivity contribution in [1.29, 1.82) is 0 Å². The van der Waals surface area contributed by atoms with E-state index in [1.54, 1.807) is 24.3 Å². The highest BCUT2D eigenvalue weighted by Gasteiger charge is 2.36. The number of carbonyl (C=O) groups excluding carboxylic acids is 2. The van der Waals surface area contributed by atoms with Crippen molar-refractivity contribution in [2.24, 2.45) is 11.0 Å². The molecule has 9 nitrogen and oxygen atoms in total. The highest BCUT2D eigenvalue weighted by atomic mass is 35.5. The Morgan fingerprint density at radius 1 is 1.21 bits per heavy atom. The van der Waals surface area contributed by atoms with Gasteiger partial charge in [-0.1, -0.05) is 23.7 Å². The number of nitrogens with zero attached hydrogens (tertiary/aromatic N) is 3. The number of hydrogen-bond donors (Lipinski definition) is 1. The van der Waals surface area contributed by atoms with E-state index in [1.807, 2.05) is 0 Å². The second-order valence-electron chi connectivity index (χ2n) is 5.88. The van der Waals surface area contributed by atoms with Crippen LogP contribution in [0.2, 0.25) is 5.02 Å². The van der Waals surface area contributed by atoms with Crippen LogP contribution in [0.3, 0.4) is 0 Å². The van der Waals surface area contributed by atoms with Gasteiger partial charge in [0.05, 0.1) is 24.3 Å². The number of nitro groups is 1. The number of nitro benzene ring substituents is 1. The van der Waals surface area contributed by atoms with Crippen molar-refractivity contribution in [2.75, 3.05) is 19.0 Å². The van der Waals surface area contributed by atoms with Gasteiger partial charge in [0.1, 0.15) is 5.92 Å². The molecule has 0 aliphatic carbocycles. The van der Waals surface area contributed by atoms with Crippen molar-refractivity contribution < 1.29 is 19.2 Å². The monoisotopic (exact) mass is 402 g/mol. The quantitative estimate of drug-likeness (QED) is 0.478. The molecule has 1 atom stereocenters. The number of amides is 2. The second kappa shape index (κ2) is 8.05. The molecule has 3 rings (SSSR count). The summed E-state index contributed by atoms with van der Waals surface area (Å²) < 4.78 is 4.82. The summed E-state index contributed by atoms with van der Waals surface area (Å²) in [5, 5.41) is 19.2. The SMILES string of the molecule is COC(=O)C1CN(C(=O)Nc2ccc([N+](=O)[O-])cc2)N=C1c1ccc(Cl)cc1. The van der Waals surface area contributed by atoms with Crippen molar-refractivity contribution in [3.05, 3.63) is 69.2 Å². The molecule has 2 aromatic rings. The predicted molar refractivity (Wildman–Crippen MR) is 102 cm³/mol. The molecule has 10 heteroatoms. The van der Waals surface area contributed by atoms with E-state index in [9.17, 15) is 19.7 Å². The predicted octanol–water partition coefficient (Wildman–Crippen LogP) is 3.29. The number of ether oxygens (including phenoxy) is 1. The number of methoxy groups -OCH3 is 1.